The highest BCUT2D eigenvalue weighted by Gasteiger charge is 2.02. The Morgan fingerprint density at radius 2 is 2.27 bits per heavy atom. The molecule has 0 bridgehead atoms. The molecule has 0 aliphatic heterocycles. The van der Waals surface area contributed by atoms with Crippen LogP contribution >= 0.6 is 0 Å². The van der Waals surface area contributed by atoms with Gasteiger partial charge in [-0.05, 0) is 29.7 Å². The van der Waals surface area contributed by atoms with Gasteiger partial charge in [0.1, 0.15) is 5.82 Å². The van der Waals surface area contributed by atoms with Crippen LogP contribution in [0.2, 0.25) is 0 Å². The average molecular weight is 149 g/mol. The summed E-state index contributed by atoms with van der Waals surface area (Å²) in [5, 5.41) is 0. The standard InChI is InChI=1S/C10H10F/c1-3-8-6-5-7-10(11)9(8)4-2/h5-7H,1,4H2,2H3. The molecular formula is C10H10F. The molecule has 1 aromatic rings. The SMILES string of the molecule is C=[C]c1cccc(F)c1CC. The molecule has 0 nitrogen and oxygen atoms in total. The van der Waals surface area contributed by atoms with Crippen molar-refractivity contribution >= 4 is 0 Å². The summed E-state index contributed by atoms with van der Waals surface area (Å²) in [5.41, 5.74) is 1.47. The molecule has 0 fully saturated rings. The van der Waals surface area contributed by atoms with Crippen molar-refractivity contribution in [3.05, 3.63) is 47.8 Å². The van der Waals surface area contributed by atoms with Crippen LogP contribution in [0.25, 0.3) is 0 Å². The molecule has 1 rings (SSSR count). The van der Waals surface area contributed by atoms with Crippen LogP contribution in [0.3, 0.4) is 0 Å². The van der Waals surface area contributed by atoms with Gasteiger partial charge in [-0.15, -0.1) is 0 Å². The Kier molecular flexibility index (Phi) is 2.42. The molecule has 0 N–H and O–H groups in total. The first-order valence-electron chi connectivity index (χ1n) is 3.60. The van der Waals surface area contributed by atoms with Crippen LogP contribution in [-0.2, 0) is 6.42 Å². The van der Waals surface area contributed by atoms with E-state index in [9.17, 15) is 4.39 Å². The molecule has 0 atom stereocenters. The maximum Gasteiger partial charge on any atom is 0.127 e. The van der Waals surface area contributed by atoms with Crippen LogP contribution in [-0.4, -0.2) is 0 Å². The lowest BCUT2D eigenvalue weighted by Gasteiger charge is -2.02. The Bertz CT molecular complexity index is 264. The Balaban J connectivity index is 3.23. The minimum absolute atomic E-state index is 0.166. The van der Waals surface area contributed by atoms with Crippen molar-refractivity contribution in [3.63, 3.8) is 0 Å². The van der Waals surface area contributed by atoms with Crippen molar-refractivity contribution in [3.8, 4) is 0 Å². The molecule has 0 heterocycles. The molecule has 0 aliphatic rings. The average Bonchev–Trinajstić information content (AvgIpc) is 2.04. The topological polar surface area (TPSA) is 0 Å². The van der Waals surface area contributed by atoms with Crippen LogP contribution in [0.1, 0.15) is 18.1 Å². The quantitative estimate of drug-likeness (QED) is 0.606. The van der Waals surface area contributed by atoms with Gasteiger partial charge in [0.15, 0.2) is 0 Å². The summed E-state index contributed by atoms with van der Waals surface area (Å²) in [6.45, 7) is 5.40. The number of hydrogen-bond donors (Lipinski definition) is 0. The van der Waals surface area contributed by atoms with Crippen molar-refractivity contribution in [2.45, 2.75) is 13.3 Å². The largest absolute Gasteiger partial charge is 0.207 e. The van der Waals surface area contributed by atoms with Crippen LogP contribution in [0.15, 0.2) is 24.8 Å². The summed E-state index contributed by atoms with van der Waals surface area (Å²) in [6.07, 6.45) is 3.38. The summed E-state index contributed by atoms with van der Waals surface area (Å²) in [7, 11) is 0. The minimum atomic E-state index is -0.166. The van der Waals surface area contributed by atoms with Gasteiger partial charge in [0.25, 0.3) is 0 Å². The lowest BCUT2D eigenvalue weighted by Crippen LogP contribution is -1.91. The predicted octanol–water partition coefficient (Wildman–Crippen LogP) is 2.73. The number of rotatable bonds is 2. The first-order chi connectivity index (χ1) is 5.29. The fraction of sp³-hybridized carbons (Fsp3) is 0.200. The first kappa shape index (κ1) is 7.99. The summed E-state index contributed by atoms with van der Waals surface area (Å²) in [5.74, 6) is -0.166. The van der Waals surface area contributed by atoms with E-state index in [0.29, 0.717) is 12.0 Å². The Morgan fingerprint density at radius 3 is 2.73 bits per heavy atom. The summed E-state index contributed by atoms with van der Waals surface area (Å²) < 4.78 is 13.0. The molecule has 0 unspecified atom stereocenters. The summed E-state index contributed by atoms with van der Waals surface area (Å²) in [4.78, 5) is 0. The number of halogens is 1. The normalized spacial score (nSPS) is 9.64. The van der Waals surface area contributed by atoms with Gasteiger partial charge in [-0.25, -0.2) is 4.39 Å². The molecule has 0 spiro atoms. The molecule has 0 aromatic heterocycles. The van der Waals surface area contributed by atoms with E-state index in [1.165, 1.54) is 6.07 Å². The predicted molar refractivity (Wildman–Crippen MR) is 43.8 cm³/mol. The Morgan fingerprint density at radius 1 is 1.55 bits per heavy atom. The Labute approximate surface area is 66.4 Å². The molecule has 1 aromatic carbocycles. The van der Waals surface area contributed by atoms with E-state index >= 15 is 0 Å². The van der Waals surface area contributed by atoms with Gasteiger partial charge in [-0.2, -0.15) is 0 Å². The fourth-order valence-corrected chi connectivity index (χ4v) is 1.08. The van der Waals surface area contributed by atoms with Gasteiger partial charge < -0.3 is 0 Å². The molecule has 1 radical (unpaired) electrons. The zero-order chi connectivity index (χ0) is 8.27. The first-order valence-corrected chi connectivity index (χ1v) is 3.60. The third-order valence-electron chi connectivity index (χ3n) is 1.66. The molecule has 57 valence electrons. The smallest absolute Gasteiger partial charge is 0.127 e. The zero-order valence-electron chi connectivity index (χ0n) is 6.52. The maximum atomic E-state index is 13.0. The van der Waals surface area contributed by atoms with Gasteiger partial charge in [0.05, 0.1) is 0 Å². The number of benzene rings is 1. The monoisotopic (exact) mass is 149 g/mol. The molecule has 0 saturated heterocycles. The van der Waals surface area contributed by atoms with Crippen LogP contribution in [0, 0.1) is 11.9 Å². The second-order valence-corrected chi connectivity index (χ2v) is 2.30. The van der Waals surface area contributed by atoms with E-state index in [0.717, 1.165) is 5.56 Å². The highest BCUT2D eigenvalue weighted by atomic mass is 19.1. The second-order valence-electron chi connectivity index (χ2n) is 2.30. The third kappa shape index (κ3) is 1.48. The second kappa shape index (κ2) is 3.33. The van der Waals surface area contributed by atoms with E-state index in [1.807, 2.05) is 13.0 Å². The van der Waals surface area contributed by atoms with E-state index < -0.39 is 0 Å². The van der Waals surface area contributed by atoms with Crippen molar-refractivity contribution < 1.29 is 4.39 Å². The molecule has 0 aliphatic carbocycles. The molecule has 11 heavy (non-hydrogen) atoms. The van der Waals surface area contributed by atoms with Crippen molar-refractivity contribution in [1.29, 1.82) is 0 Å². The zero-order valence-corrected chi connectivity index (χ0v) is 6.52. The molecular weight excluding hydrogens is 139 g/mol. The van der Waals surface area contributed by atoms with Gasteiger partial charge >= 0.3 is 0 Å². The minimum Gasteiger partial charge on any atom is -0.207 e. The van der Waals surface area contributed by atoms with Gasteiger partial charge in [-0.1, -0.05) is 25.6 Å². The van der Waals surface area contributed by atoms with Crippen molar-refractivity contribution in [2.75, 3.05) is 0 Å². The van der Waals surface area contributed by atoms with Crippen LogP contribution in [0.5, 0.6) is 0 Å². The molecule has 1 heteroatoms. The van der Waals surface area contributed by atoms with Gasteiger partial charge in [0, 0.05) is 0 Å². The highest BCUT2D eigenvalue weighted by Crippen LogP contribution is 2.13. The summed E-state index contributed by atoms with van der Waals surface area (Å²) >= 11 is 0. The van der Waals surface area contributed by atoms with E-state index in [-0.39, 0.29) is 5.82 Å². The molecule has 0 amide bonds. The van der Waals surface area contributed by atoms with E-state index in [1.54, 1.807) is 6.07 Å². The molecule has 0 saturated carbocycles. The van der Waals surface area contributed by atoms with E-state index in [2.05, 4.69) is 12.7 Å². The van der Waals surface area contributed by atoms with Crippen LogP contribution < -0.4 is 0 Å². The van der Waals surface area contributed by atoms with Gasteiger partial charge in [0.2, 0.25) is 0 Å². The van der Waals surface area contributed by atoms with E-state index in [4.69, 9.17) is 0 Å². The maximum absolute atomic E-state index is 13.0. The highest BCUT2D eigenvalue weighted by molar-refractivity contribution is 5.32. The van der Waals surface area contributed by atoms with Gasteiger partial charge in [-0.3, -0.25) is 0 Å². The van der Waals surface area contributed by atoms with Crippen LogP contribution in [0.4, 0.5) is 4.39 Å². The Hall–Kier alpha value is -1.11. The lowest BCUT2D eigenvalue weighted by atomic mass is 10.1. The number of hydrogen-bond acceptors (Lipinski definition) is 0. The fourth-order valence-electron chi connectivity index (χ4n) is 1.08. The lowest BCUT2D eigenvalue weighted by molar-refractivity contribution is 0.611. The third-order valence-corrected chi connectivity index (χ3v) is 1.66. The van der Waals surface area contributed by atoms with Crippen molar-refractivity contribution in [1.82, 2.24) is 0 Å². The van der Waals surface area contributed by atoms with Crippen molar-refractivity contribution in [2.24, 2.45) is 0 Å². The summed E-state index contributed by atoms with van der Waals surface area (Å²) in [6, 6.07) is 4.94.